The Morgan fingerprint density at radius 1 is 1.12 bits per heavy atom. The van der Waals surface area contributed by atoms with E-state index < -0.39 is 0 Å². The molecule has 2 aromatic heterocycles. The number of nitrogens with zero attached hydrogens (tertiary/aromatic N) is 2. The monoisotopic (exact) mass is 327 g/mol. The Labute approximate surface area is 139 Å². The van der Waals surface area contributed by atoms with Crippen molar-refractivity contribution in [3.8, 4) is 0 Å². The minimum absolute atomic E-state index is 0.232. The van der Waals surface area contributed by atoms with Crippen LogP contribution in [0.1, 0.15) is 23.0 Å². The van der Waals surface area contributed by atoms with Gasteiger partial charge in [0.2, 0.25) is 0 Å². The Kier molecular flexibility index (Phi) is 4.25. The molecule has 1 aromatic carbocycles. The average Bonchev–Trinajstić information content (AvgIpc) is 3.27. The predicted molar refractivity (Wildman–Crippen MR) is 86.8 cm³/mol. The van der Waals surface area contributed by atoms with E-state index in [0.29, 0.717) is 31.9 Å². The molecule has 0 spiro atoms. The van der Waals surface area contributed by atoms with Crippen molar-refractivity contribution < 1.29 is 13.9 Å². The smallest absolute Gasteiger partial charge is 0.184 e. The Balaban J connectivity index is 1.44. The number of halogens is 1. The van der Waals surface area contributed by atoms with Gasteiger partial charge in [-0.05, 0) is 24.3 Å². The van der Waals surface area contributed by atoms with Crippen molar-refractivity contribution >= 4 is 5.52 Å². The van der Waals surface area contributed by atoms with Crippen LogP contribution in [0.25, 0.3) is 5.52 Å². The van der Waals surface area contributed by atoms with E-state index in [4.69, 9.17) is 9.47 Å². The fraction of sp³-hybridized carbons (Fsp3) is 0.278. The summed E-state index contributed by atoms with van der Waals surface area (Å²) in [6.07, 6.45) is 3.35. The molecule has 0 aliphatic carbocycles. The van der Waals surface area contributed by atoms with Gasteiger partial charge in [-0.1, -0.05) is 12.1 Å². The minimum atomic E-state index is -0.385. The van der Waals surface area contributed by atoms with Gasteiger partial charge in [-0.15, -0.1) is 0 Å². The van der Waals surface area contributed by atoms with Gasteiger partial charge < -0.3 is 14.8 Å². The first-order valence-electron chi connectivity index (χ1n) is 7.95. The van der Waals surface area contributed by atoms with Crippen LogP contribution in [0.2, 0.25) is 0 Å². The molecule has 3 aromatic rings. The lowest BCUT2D eigenvalue weighted by atomic mass is 10.1. The fourth-order valence-corrected chi connectivity index (χ4v) is 2.88. The highest BCUT2D eigenvalue weighted by Crippen LogP contribution is 2.25. The Bertz CT molecular complexity index is 843. The van der Waals surface area contributed by atoms with Gasteiger partial charge in [0.25, 0.3) is 0 Å². The standard InChI is InChI=1S/C18H18FN3O2/c19-16-5-4-13(18-23-7-8-24-18)9-14(16)10-20-11-15-12-21-22-6-2-1-3-17(15)22/h1-6,9,12,18,20H,7-8,10-11H2. The van der Waals surface area contributed by atoms with Gasteiger partial charge in [-0.25, -0.2) is 8.91 Å². The average molecular weight is 327 g/mol. The molecule has 24 heavy (non-hydrogen) atoms. The minimum Gasteiger partial charge on any atom is -0.346 e. The number of rotatable bonds is 5. The summed E-state index contributed by atoms with van der Waals surface area (Å²) in [5, 5.41) is 7.58. The Hall–Kier alpha value is -2.28. The second kappa shape index (κ2) is 6.68. The zero-order chi connectivity index (χ0) is 16.4. The van der Waals surface area contributed by atoms with Crippen molar-refractivity contribution in [2.75, 3.05) is 13.2 Å². The zero-order valence-corrected chi connectivity index (χ0v) is 13.1. The van der Waals surface area contributed by atoms with Gasteiger partial charge in [0.1, 0.15) is 5.82 Å². The van der Waals surface area contributed by atoms with Crippen molar-refractivity contribution in [1.82, 2.24) is 14.9 Å². The summed E-state index contributed by atoms with van der Waals surface area (Å²) < 4.78 is 26.8. The first kappa shape index (κ1) is 15.3. The van der Waals surface area contributed by atoms with Crippen LogP contribution in [0.3, 0.4) is 0 Å². The van der Waals surface area contributed by atoms with E-state index in [1.54, 1.807) is 12.1 Å². The zero-order valence-electron chi connectivity index (χ0n) is 13.1. The molecule has 0 unspecified atom stereocenters. The summed E-state index contributed by atoms with van der Waals surface area (Å²) >= 11 is 0. The number of pyridine rings is 1. The van der Waals surface area contributed by atoms with Crippen molar-refractivity contribution in [2.24, 2.45) is 0 Å². The van der Waals surface area contributed by atoms with Crippen molar-refractivity contribution in [3.05, 3.63) is 71.3 Å². The van der Waals surface area contributed by atoms with Gasteiger partial charge >= 0.3 is 0 Å². The second-order valence-corrected chi connectivity index (χ2v) is 5.73. The number of aromatic nitrogens is 2. The number of hydrogen-bond donors (Lipinski definition) is 1. The van der Waals surface area contributed by atoms with Crippen molar-refractivity contribution in [3.63, 3.8) is 0 Å². The van der Waals surface area contributed by atoms with Crippen LogP contribution in [0.15, 0.2) is 48.8 Å². The van der Waals surface area contributed by atoms with Gasteiger partial charge in [0.15, 0.2) is 6.29 Å². The highest BCUT2D eigenvalue weighted by Gasteiger charge is 2.19. The largest absolute Gasteiger partial charge is 0.346 e. The fourth-order valence-electron chi connectivity index (χ4n) is 2.88. The summed E-state index contributed by atoms with van der Waals surface area (Å²) in [6.45, 7) is 2.19. The highest BCUT2D eigenvalue weighted by molar-refractivity contribution is 5.53. The molecule has 0 bridgehead atoms. The quantitative estimate of drug-likeness (QED) is 0.783. The molecule has 6 heteroatoms. The number of benzene rings is 1. The summed E-state index contributed by atoms with van der Waals surface area (Å²) in [7, 11) is 0. The maximum atomic E-state index is 14.0. The van der Waals surface area contributed by atoms with Gasteiger partial charge in [0, 0.05) is 36.0 Å². The topological polar surface area (TPSA) is 47.8 Å². The molecule has 5 nitrogen and oxygen atoms in total. The highest BCUT2D eigenvalue weighted by atomic mass is 19.1. The van der Waals surface area contributed by atoms with E-state index in [0.717, 1.165) is 16.6 Å². The first-order chi connectivity index (χ1) is 11.8. The second-order valence-electron chi connectivity index (χ2n) is 5.73. The molecule has 1 fully saturated rings. The molecule has 0 atom stereocenters. The number of hydrogen-bond acceptors (Lipinski definition) is 4. The molecule has 124 valence electrons. The van der Waals surface area contributed by atoms with E-state index >= 15 is 0 Å². The predicted octanol–water partition coefficient (Wildman–Crippen LogP) is 2.81. The normalized spacial score (nSPS) is 15.4. The number of ether oxygens (including phenoxy) is 2. The molecular weight excluding hydrogens is 309 g/mol. The number of nitrogens with one attached hydrogen (secondary N) is 1. The molecule has 0 saturated carbocycles. The summed E-state index contributed by atoms with van der Waals surface area (Å²) in [4.78, 5) is 0. The van der Waals surface area contributed by atoms with Crippen LogP contribution in [-0.2, 0) is 22.6 Å². The van der Waals surface area contributed by atoms with Gasteiger partial charge in [0.05, 0.1) is 24.9 Å². The van der Waals surface area contributed by atoms with Crippen LogP contribution in [-0.4, -0.2) is 22.8 Å². The molecule has 1 N–H and O–H groups in total. The van der Waals surface area contributed by atoms with E-state index in [1.807, 2.05) is 35.1 Å². The molecule has 4 rings (SSSR count). The third kappa shape index (κ3) is 3.03. The molecule has 1 saturated heterocycles. The lowest BCUT2D eigenvalue weighted by Crippen LogP contribution is -2.14. The van der Waals surface area contributed by atoms with Gasteiger partial charge in [-0.3, -0.25) is 0 Å². The first-order valence-corrected chi connectivity index (χ1v) is 7.95. The summed E-state index contributed by atoms with van der Waals surface area (Å²) in [5.41, 5.74) is 3.58. The number of fused-ring (bicyclic) bond motifs is 1. The molecule has 0 radical (unpaired) electrons. The van der Waals surface area contributed by atoms with Crippen LogP contribution in [0.4, 0.5) is 4.39 Å². The summed E-state index contributed by atoms with van der Waals surface area (Å²) in [6, 6.07) is 10.9. The Morgan fingerprint density at radius 2 is 1.96 bits per heavy atom. The van der Waals surface area contributed by atoms with E-state index in [-0.39, 0.29) is 12.1 Å². The lowest BCUT2D eigenvalue weighted by molar-refractivity contribution is -0.0442. The van der Waals surface area contributed by atoms with E-state index in [2.05, 4.69) is 10.4 Å². The van der Waals surface area contributed by atoms with Crippen LogP contribution in [0.5, 0.6) is 0 Å². The third-order valence-corrected chi connectivity index (χ3v) is 4.10. The third-order valence-electron chi connectivity index (χ3n) is 4.10. The molecule has 1 aliphatic heterocycles. The van der Waals surface area contributed by atoms with E-state index in [9.17, 15) is 4.39 Å². The van der Waals surface area contributed by atoms with Gasteiger partial charge in [-0.2, -0.15) is 5.10 Å². The van der Waals surface area contributed by atoms with Crippen molar-refractivity contribution in [2.45, 2.75) is 19.4 Å². The molecular formula is C18H18FN3O2. The lowest BCUT2D eigenvalue weighted by Gasteiger charge is -2.12. The van der Waals surface area contributed by atoms with E-state index in [1.165, 1.54) is 6.07 Å². The SMILES string of the molecule is Fc1ccc(C2OCCO2)cc1CNCc1cnn2ccccc12. The van der Waals surface area contributed by atoms with Crippen molar-refractivity contribution in [1.29, 1.82) is 0 Å². The summed E-state index contributed by atoms with van der Waals surface area (Å²) in [5.74, 6) is -0.232. The molecule has 3 heterocycles. The molecule has 0 amide bonds. The maximum Gasteiger partial charge on any atom is 0.184 e. The van der Waals surface area contributed by atoms with Crippen LogP contribution in [0, 0.1) is 5.82 Å². The van der Waals surface area contributed by atoms with Crippen LogP contribution >= 0.6 is 0 Å². The van der Waals surface area contributed by atoms with Crippen LogP contribution < -0.4 is 5.32 Å². The molecule has 1 aliphatic rings. The maximum absolute atomic E-state index is 14.0. The Morgan fingerprint density at radius 3 is 2.83 bits per heavy atom.